The minimum absolute atomic E-state index is 0.0254. The molecule has 0 aliphatic rings. The van der Waals surface area contributed by atoms with Crippen LogP contribution in [0.1, 0.15) is 0 Å². The summed E-state index contributed by atoms with van der Waals surface area (Å²) in [6, 6.07) is 4.59. The largest absolute Gasteiger partial charge is 0.506 e. The van der Waals surface area contributed by atoms with Crippen molar-refractivity contribution < 1.29 is 5.11 Å². The van der Waals surface area contributed by atoms with Crippen molar-refractivity contribution in [1.29, 1.82) is 0 Å². The second-order valence-corrected chi connectivity index (χ2v) is 5.93. The van der Waals surface area contributed by atoms with E-state index in [-0.39, 0.29) is 35.9 Å². The van der Waals surface area contributed by atoms with Crippen molar-refractivity contribution in [3.63, 3.8) is 0 Å². The zero-order chi connectivity index (χ0) is 14.3. The fraction of sp³-hybridized carbons (Fsp3) is 0. The van der Waals surface area contributed by atoms with Crippen molar-refractivity contribution in [1.82, 2.24) is 0 Å². The van der Waals surface area contributed by atoms with E-state index in [0.29, 0.717) is 11.1 Å². The first-order valence-corrected chi connectivity index (χ1v) is 7.11. The van der Waals surface area contributed by atoms with Gasteiger partial charge >= 0.3 is 0 Å². The predicted molar refractivity (Wildman–Crippen MR) is 83.6 cm³/mol. The molecule has 19 heavy (non-hydrogen) atoms. The standard InChI is InChI=1S/C12H4Cl6O/c13-6-2-1-4(12(19)10(6)17)5-3-7(14)9(16)11(18)8(5)15/h1-3,19H. The van der Waals surface area contributed by atoms with Gasteiger partial charge in [0.05, 0.1) is 25.1 Å². The molecule has 0 spiro atoms. The van der Waals surface area contributed by atoms with Crippen LogP contribution in [0.15, 0.2) is 18.2 Å². The molecular weight excluding hydrogens is 373 g/mol. The SMILES string of the molecule is Oc1c(-c2cc(Cl)c(Cl)c(Cl)c2Cl)ccc(Cl)c1Cl. The monoisotopic (exact) mass is 374 g/mol. The van der Waals surface area contributed by atoms with Crippen molar-refractivity contribution in [2.45, 2.75) is 0 Å². The summed E-state index contributed by atoms with van der Waals surface area (Å²) in [7, 11) is 0. The van der Waals surface area contributed by atoms with Gasteiger partial charge in [0.2, 0.25) is 0 Å². The third-order valence-electron chi connectivity index (χ3n) is 2.46. The van der Waals surface area contributed by atoms with E-state index in [1.165, 1.54) is 12.1 Å². The van der Waals surface area contributed by atoms with Crippen LogP contribution in [0.5, 0.6) is 5.75 Å². The minimum atomic E-state index is -0.203. The molecule has 2 aromatic rings. The molecule has 0 saturated carbocycles. The van der Waals surface area contributed by atoms with E-state index in [1.54, 1.807) is 6.07 Å². The first kappa shape index (κ1) is 15.4. The van der Waals surface area contributed by atoms with Gasteiger partial charge in [-0.2, -0.15) is 0 Å². The topological polar surface area (TPSA) is 20.2 Å². The van der Waals surface area contributed by atoms with Crippen LogP contribution in [0.25, 0.3) is 11.1 Å². The van der Waals surface area contributed by atoms with Gasteiger partial charge in [-0.3, -0.25) is 0 Å². The van der Waals surface area contributed by atoms with E-state index in [0.717, 1.165) is 0 Å². The van der Waals surface area contributed by atoms with E-state index in [4.69, 9.17) is 69.6 Å². The summed E-state index contributed by atoms with van der Waals surface area (Å²) in [6.07, 6.45) is 0. The quantitative estimate of drug-likeness (QED) is 0.420. The molecule has 0 saturated heterocycles. The fourth-order valence-corrected chi connectivity index (χ4v) is 2.75. The van der Waals surface area contributed by atoms with Gasteiger partial charge in [0.25, 0.3) is 0 Å². The second kappa shape index (κ2) is 5.77. The smallest absolute Gasteiger partial charge is 0.143 e. The Labute approximate surface area is 139 Å². The van der Waals surface area contributed by atoms with Gasteiger partial charge in [-0.15, -0.1) is 0 Å². The Morgan fingerprint density at radius 2 is 1.26 bits per heavy atom. The molecule has 0 radical (unpaired) electrons. The molecule has 0 bridgehead atoms. The molecular formula is C12H4Cl6O. The van der Waals surface area contributed by atoms with Crippen LogP contribution in [0.4, 0.5) is 0 Å². The molecule has 0 atom stereocenters. The van der Waals surface area contributed by atoms with Crippen LogP contribution in [-0.4, -0.2) is 5.11 Å². The summed E-state index contributed by atoms with van der Waals surface area (Å²) in [4.78, 5) is 0. The summed E-state index contributed by atoms with van der Waals surface area (Å²) in [5, 5.41) is 10.9. The zero-order valence-corrected chi connectivity index (χ0v) is 13.5. The maximum Gasteiger partial charge on any atom is 0.143 e. The Morgan fingerprint density at radius 1 is 0.632 bits per heavy atom. The highest BCUT2D eigenvalue weighted by Crippen LogP contribution is 2.47. The lowest BCUT2D eigenvalue weighted by atomic mass is 10.0. The van der Waals surface area contributed by atoms with Gasteiger partial charge in [-0.25, -0.2) is 0 Å². The molecule has 0 unspecified atom stereocenters. The zero-order valence-electron chi connectivity index (χ0n) is 8.95. The summed E-state index contributed by atoms with van der Waals surface area (Å²) in [6.45, 7) is 0. The molecule has 0 fully saturated rings. The summed E-state index contributed by atoms with van der Waals surface area (Å²) in [5.74, 6) is -0.203. The molecule has 0 aliphatic heterocycles. The van der Waals surface area contributed by atoms with Crippen molar-refractivity contribution in [2.75, 3.05) is 0 Å². The number of aromatic hydroxyl groups is 1. The molecule has 100 valence electrons. The third kappa shape index (κ3) is 2.73. The lowest BCUT2D eigenvalue weighted by Crippen LogP contribution is -1.86. The maximum atomic E-state index is 10.0. The Balaban J connectivity index is 2.77. The van der Waals surface area contributed by atoms with Gasteiger partial charge in [0.1, 0.15) is 10.8 Å². The predicted octanol–water partition coefficient (Wildman–Crippen LogP) is 6.98. The van der Waals surface area contributed by atoms with Crippen LogP contribution in [0.3, 0.4) is 0 Å². The van der Waals surface area contributed by atoms with Gasteiger partial charge < -0.3 is 5.11 Å². The Kier molecular flexibility index (Phi) is 4.67. The number of hydrogen-bond donors (Lipinski definition) is 1. The van der Waals surface area contributed by atoms with E-state index in [1.807, 2.05) is 0 Å². The Morgan fingerprint density at radius 3 is 1.89 bits per heavy atom. The van der Waals surface area contributed by atoms with Gasteiger partial charge in [-0.1, -0.05) is 69.6 Å². The summed E-state index contributed by atoms with van der Waals surface area (Å²) >= 11 is 35.6. The Bertz CT molecular complexity index is 668. The highest BCUT2D eigenvalue weighted by Gasteiger charge is 2.18. The number of benzene rings is 2. The summed E-state index contributed by atoms with van der Waals surface area (Å²) < 4.78 is 0. The van der Waals surface area contributed by atoms with Crippen LogP contribution in [0, 0.1) is 0 Å². The second-order valence-electron chi connectivity index (χ2n) is 3.61. The van der Waals surface area contributed by atoms with E-state index in [2.05, 4.69) is 0 Å². The van der Waals surface area contributed by atoms with Crippen molar-refractivity contribution in [3.05, 3.63) is 48.3 Å². The molecule has 0 aliphatic carbocycles. The average Bonchev–Trinajstić information content (AvgIpc) is 2.39. The van der Waals surface area contributed by atoms with Crippen LogP contribution < -0.4 is 0 Å². The number of halogens is 6. The average molecular weight is 377 g/mol. The lowest BCUT2D eigenvalue weighted by molar-refractivity contribution is 0.477. The van der Waals surface area contributed by atoms with E-state index in [9.17, 15) is 5.11 Å². The molecule has 0 aromatic heterocycles. The number of phenolic OH excluding ortho intramolecular Hbond substituents is 1. The fourth-order valence-electron chi connectivity index (χ4n) is 1.53. The maximum absolute atomic E-state index is 10.0. The number of phenols is 1. The molecule has 1 N–H and O–H groups in total. The molecule has 1 nitrogen and oxygen atoms in total. The summed E-state index contributed by atoms with van der Waals surface area (Å²) in [5.41, 5.74) is 0.775. The van der Waals surface area contributed by atoms with Crippen molar-refractivity contribution in [2.24, 2.45) is 0 Å². The first-order valence-electron chi connectivity index (χ1n) is 4.85. The van der Waals surface area contributed by atoms with E-state index < -0.39 is 0 Å². The van der Waals surface area contributed by atoms with Gasteiger partial charge in [0.15, 0.2) is 0 Å². The molecule has 2 rings (SSSR count). The van der Waals surface area contributed by atoms with Gasteiger partial charge in [0, 0.05) is 11.1 Å². The van der Waals surface area contributed by atoms with Crippen molar-refractivity contribution in [3.8, 4) is 16.9 Å². The van der Waals surface area contributed by atoms with Gasteiger partial charge in [-0.05, 0) is 18.2 Å². The lowest BCUT2D eigenvalue weighted by Gasteiger charge is -2.12. The third-order valence-corrected chi connectivity index (χ3v) is 5.01. The van der Waals surface area contributed by atoms with Crippen LogP contribution >= 0.6 is 69.6 Å². The van der Waals surface area contributed by atoms with Crippen LogP contribution in [0.2, 0.25) is 30.1 Å². The number of hydrogen-bond acceptors (Lipinski definition) is 1. The van der Waals surface area contributed by atoms with Crippen LogP contribution in [-0.2, 0) is 0 Å². The normalized spacial score (nSPS) is 10.8. The first-order chi connectivity index (χ1) is 8.84. The molecule has 0 amide bonds. The minimum Gasteiger partial charge on any atom is -0.506 e. The molecule has 2 aromatic carbocycles. The van der Waals surface area contributed by atoms with Crippen molar-refractivity contribution >= 4 is 69.6 Å². The highest BCUT2D eigenvalue weighted by atomic mass is 35.5. The Hall–Kier alpha value is -0.0200. The highest BCUT2D eigenvalue weighted by molar-refractivity contribution is 6.52. The van der Waals surface area contributed by atoms with E-state index >= 15 is 0 Å². The molecule has 0 heterocycles. The number of rotatable bonds is 1. The molecule has 7 heteroatoms.